The van der Waals surface area contributed by atoms with Gasteiger partial charge in [0, 0.05) is 33.6 Å². The predicted octanol–water partition coefficient (Wildman–Crippen LogP) is 4.63. The van der Waals surface area contributed by atoms with Crippen molar-refractivity contribution in [2.45, 2.75) is 13.5 Å². The van der Waals surface area contributed by atoms with Gasteiger partial charge in [-0.05, 0) is 34.3 Å². The largest absolute Gasteiger partial charge is 0.324 e. The lowest BCUT2D eigenvalue weighted by atomic mass is 10.1. The highest BCUT2D eigenvalue weighted by molar-refractivity contribution is 9.10. The van der Waals surface area contributed by atoms with Gasteiger partial charge in [0.25, 0.3) is 0 Å². The van der Waals surface area contributed by atoms with E-state index in [0.717, 1.165) is 27.4 Å². The molecule has 4 heteroatoms. The topological polar surface area (TPSA) is 17.3 Å². The third-order valence-corrected chi connectivity index (χ3v) is 4.17. The molecule has 0 saturated heterocycles. The minimum absolute atomic E-state index is 0.805. The van der Waals surface area contributed by atoms with Gasteiger partial charge in [0.2, 0.25) is 0 Å². The molecule has 2 nitrogen and oxygen atoms in total. The third kappa shape index (κ3) is 1.88. The summed E-state index contributed by atoms with van der Waals surface area (Å²) >= 11 is 9.46. The average molecular weight is 336 g/mol. The van der Waals surface area contributed by atoms with Crippen LogP contribution in [-0.2, 0) is 6.54 Å². The highest BCUT2D eigenvalue weighted by Crippen LogP contribution is 2.28. The summed E-state index contributed by atoms with van der Waals surface area (Å²) in [6.07, 6.45) is 0. The molecule has 0 spiro atoms. The molecule has 2 aromatic carbocycles. The first-order valence-corrected chi connectivity index (χ1v) is 7.25. The number of fused-ring (bicyclic) bond motifs is 3. The number of hydrogen-bond donors (Lipinski definition) is 0. The summed E-state index contributed by atoms with van der Waals surface area (Å²) in [6.45, 7) is 2.91. The number of halogens is 2. The van der Waals surface area contributed by atoms with E-state index in [1.54, 1.807) is 0 Å². The zero-order chi connectivity index (χ0) is 13.4. The minimum atomic E-state index is 0.805. The fraction of sp³-hybridized carbons (Fsp3) is 0.133. The number of aromatic nitrogens is 1. The van der Waals surface area contributed by atoms with Crippen LogP contribution in [0, 0.1) is 0 Å². The molecule has 3 aromatic rings. The Morgan fingerprint density at radius 1 is 1.05 bits per heavy atom. The van der Waals surface area contributed by atoms with Crippen molar-refractivity contribution in [1.82, 2.24) is 4.57 Å². The predicted molar refractivity (Wildman–Crippen MR) is 84.2 cm³/mol. The Balaban J connectivity index is 2.74. The standard InChI is InChI=1S/C15H12BrClN2/c1-2-19-14-11(8-5-9-13(14)16)10-6-3-4-7-12(10)15(19)18-17/h3-9H,2H2,1H3/b18-15-. The first kappa shape index (κ1) is 12.7. The van der Waals surface area contributed by atoms with Gasteiger partial charge < -0.3 is 4.57 Å². The second-order valence-electron chi connectivity index (χ2n) is 4.33. The van der Waals surface area contributed by atoms with E-state index in [-0.39, 0.29) is 0 Å². The molecule has 0 N–H and O–H groups in total. The van der Waals surface area contributed by atoms with Gasteiger partial charge in [-0.3, -0.25) is 0 Å². The summed E-state index contributed by atoms with van der Waals surface area (Å²) in [4.78, 5) is 0. The highest BCUT2D eigenvalue weighted by Gasteiger charge is 2.10. The van der Waals surface area contributed by atoms with Crippen LogP contribution in [0.15, 0.2) is 51.4 Å². The summed E-state index contributed by atoms with van der Waals surface area (Å²) in [5, 5.41) is 3.45. The molecule has 0 unspecified atom stereocenters. The first-order chi connectivity index (χ1) is 9.27. The molecule has 0 aliphatic heterocycles. The first-order valence-electron chi connectivity index (χ1n) is 6.12. The van der Waals surface area contributed by atoms with Crippen molar-refractivity contribution in [3.8, 4) is 0 Å². The average Bonchev–Trinajstić information content (AvgIpc) is 2.46. The van der Waals surface area contributed by atoms with Gasteiger partial charge >= 0.3 is 0 Å². The Labute approximate surface area is 124 Å². The van der Waals surface area contributed by atoms with Gasteiger partial charge in [0.05, 0.1) is 5.52 Å². The van der Waals surface area contributed by atoms with Gasteiger partial charge in [0.15, 0.2) is 5.49 Å². The molecule has 0 radical (unpaired) electrons. The number of aryl methyl sites for hydroxylation is 1. The van der Waals surface area contributed by atoms with Gasteiger partial charge in [0.1, 0.15) is 0 Å². The number of nitrogens with zero attached hydrogens (tertiary/aromatic N) is 2. The van der Waals surface area contributed by atoms with E-state index in [9.17, 15) is 0 Å². The smallest absolute Gasteiger partial charge is 0.155 e. The molecule has 0 aliphatic rings. The zero-order valence-corrected chi connectivity index (χ0v) is 12.7. The Kier molecular flexibility index (Phi) is 3.33. The van der Waals surface area contributed by atoms with Gasteiger partial charge in [-0.15, -0.1) is 0 Å². The van der Waals surface area contributed by atoms with E-state index in [1.165, 1.54) is 10.8 Å². The number of rotatable bonds is 1. The van der Waals surface area contributed by atoms with E-state index >= 15 is 0 Å². The monoisotopic (exact) mass is 334 g/mol. The van der Waals surface area contributed by atoms with Crippen molar-refractivity contribution >= 4 is 49.4 Å². The Morgan fingerprint density at radius 3 is 2.42 bits per heavy atom. The number of hydrogen-bond acceptors (Lipinski definition) is 1. The molecule has 1 heterocycles. The van der Waals surface area contributed by atoms with Crippen LogP contribution in [0.5, 0.6) is 0 Å². The SMILES string of the molecule is CCn1/c(=N\Cl)c2ccccc2c2cccc(Br)c21. The number of pyridine rings is 1. The summed E-state index contributed by atoms with van der Waals surface area (Å²) < 4.78 is 7.16. The molecule has 0 atom stereocenters. The fourth-order valence-electron chi connectivity index (χ4n) is 2.57. The van der Waals surface area contributed by atoms with Crippen molar-refractivity contribution in [2.75, 3.05) is 0 Å². The lowest BCUT2D eigenvalue weighted by Gasteiger charge is -2.14. The Bertz CT molecular complexity index is 837. The van der Waals surface area contributed by atoms with E-state index < -0.39 is 0 Å². The van der Waals surface area contributed by atoms with Crippen LogP contribution in [0.25, 0.3) is 21.7 Å². The molecule has 0 aliphatic carbocycles. The molecule has 96 valence electrons. The van der Waals surface area contributed by atoms with Crippen LogP contribution < -0.4 is 5.49 Å². The van der Waals surface area contributed by atoms with Crippen LogP contribution in [0.2, 0.25) is 0 Å². The van der Waals surface area contributed by atoms with E-state index in [0.29, 0.717) is 0 Å². The zero-order valence-electron chi connectivity index (χ0n) is 10.4. The normalized spacial score (nSPS) is 12.5. The summed E-state index contributed by atoms with van der Waals surface area (Å²) in [5.41, 5.74) is 1.93. The lowest BCUT2D eigenvalue weighted by molar-refractivity contribution is 0.755. The molecule has 3 rings (SSSR count). The van der Waals surface area contributed by atoms with Crippen molar-refractivity contribution in [3.63, 3.8) is 0 Å². The van der Waals surface area contributed by atoms with Crippen LogP contribution >= 0.6 is 27.7 Å². The number of benzene rings is 2. The Morgan fingerprint density at radius 2 is 1.74 bits per heavy atom. The molecule has 0 amide bonds. The van der Waals surface area contributed by atoms with Crippen LogP contribution in [-0.4, -0.2) is 4.57 Å². The second kappa shape index (κ2) is 4.99. The molecule has 0 saturated carbocycles. The quantitative estimate of drug-likeness (QED) is 0.577. The summed E-state index contributed by atoms with van der Waals surface area (Å²) in [7, 11) is 0. The maximum Gasteiger partial charge on any atom is 0.155 e. The molecule has 0 bridgehead atoms. The Hall–Kier alpha value is -1.32. The van der Waals surface area contributed by atoms with Crippen LogP contribution in [0.1, 0.15) is 6.92 Å². The number of para-hydroxylation sites is 1. The van der Waals surface area contributed by atoms with Crippen LogP contribution in [0.4, 0.5) is 0 Å². The van der Waals surface area contributed by atoms with Crippen LogP contribution in [0.3, 0.4) is 0 Å². The van der Waals surface area contributed by atoms with Gasteiger partial charge in [-0.25, -0.2) is 0 Å². The molecule has 0 fully saturated rings. The van der Waals surface area contributed by atoms with Crippen molar-refractivity contribution in [3.05, 3.63) is 52.4 Å². The molecule has 1 aromatic heterocycles. The van der Waals surface area contributed by atoms with E-state index in [4.69, 9.17) is 11.8 Å². The lowest BCUT2D eigenvalue weighted by Crippen LogP contribution is -2.21. The van der Waals surface area contributed by atoms with Crippen molar-refractivity contribution in [2.24, 2.45) is 4.51 Å². The molecule has 19 heavy (non-hydrogen) atoms. The van der Waals surface area contributed by atoms with Crippen molar-refractivity contribution < 1.29 is 0 Å². The van der Waals surface area contributed by atoms with Gasteiger partial charge in [-0.2, -0.15) is 4.51 Å². The summed E-state index contributed by atoms with van der Waals surface area (Å²) in [5.74, 6) is 0. The minimum Gasteiger partial charge on any atom is -0.324 e. The highest BCUT2D eigenvalue weighted by atomic mass is 79.9. The van der Waals surface area contributed by atoms with Gasteiger partial charge in [-0.1, -0.05) is 36.4 Å². The third-order valence-electron chi connectivity index (χ3n) is 3.37. The fourth-order valence-corrected chi connectivity index (χ4v) is 3.33. The second-order valence-corrected chi connectivity index (χ2v) is 5.36. The van der Waals surface area contributed by atoms with Crippen molar-refractivity contribution in [1.29, 1.82) is 0 Å². The van der Waals surface area contributed by atoms with E-state index in [2.05, 4.69) is 56.2 Å². The molecular formula is C15H12BrClN2. The molecular weight excluding hydrogens is 324 g/mol. The maximum atomic E-state index is 5.83. The summed E-state index contributed by atoms with van der Waals surface area (Å²) in [6, 6.07) is 14.4. The van der Waals surface area contributed by atoms with E-state index in [1.807, 2.05) is 18.2 Å². The maximum absolute atomic E-state index is 5.83.